The molecule has 0 aliphatic heterocycles. The van der Waals surface area contributed by atoms with Gasteiger partial charge in [-0.1, -0.05) is 13.8 Å². The molecule has 0 heterocycles. The molecule has 0 bridgehead atoms. The highest BCUT2D eigenvalue weighted by atomic mass is 16.3. The Morgan fingerprint density at radius 3 is 1.89 bits per heavy atom. The van der Waals surface area contributed by atoms with Crippen LogP contribution in [0.15, 0.2) is 47.7 Å². The highest BCUT2D eigenvalue weighted by molar-refractivity contribution is 5.98. The van der Waals surface area contributed by atoms with Crippen LogP contribution in [0.1, 0.15) is 79.3 Å². The van der Waals surface area contributed by atoms with Crippen molar-refractivity contribution in [2.24, 2.45) is 0 Å². The van der Waals surface area contributed by atoms with Gasteiger partial charge in [0.1, 0.15) is 28.8 Å². The van der Waals surface area contributed by atoms with Gasteiger partial charge in [0.05, 0.1) is 16.7 Å². The summed E-state index contributed by atoms with van der Waals surface area (Å²) in [5.41, 5.74) is 0.763. The number of benzene rings is 2. The predicted molar refractivity (Wildman–Crippen MR) is 143 cm³/mol. The van der Waals surface area contributed by atoms with Crippen LogP contribution < -0.4 is 0 Å². The lowest BCUT2D eigenvalue weighted by molar-refractivity contribution is -0.114. The third kappa shape index (κ3) is 8.48. The van der Waals surface area contributed by atoms with Gasteiger partial charge in [0, 0.05) is 17.6 Å². The number of phenolic OH excluding ortho intramolecular Hbond substituents is 4. The average Bonchev–Trinajstić information content (AvgIpc) is 2.81. The van der Waals surface area contributed by atoms with Gasteiger partial charge < -0.3 is 30.6 Å². The summed E-state index contributed by atoms with van der Waals surface area (Å²) in [7, 11) is 0. The van der Waals surface area contributed by atoms with Crippen molar-refractivity contribution in [1.29, 1.82) is 0 Å². The van der Waals surface area contributed by atoms with Crippen molar-refractivity contribution >= 4 is 17.3 Å². The van der Waals surface area contributed by atoms with Gasteiger partial charge in [0.2, 0.25) is 0 Å². The minimum absolute atomic E-state index is 0.00417. The van der Waals surface area contributed by atoms with Crippen LogP contribution in [0.4, 0.5) is 0 Å². The monoisotopic (exact) mass is 528 g/mol. The molecule has 206 valence electrons. The zero-order valence-electron chi connectivity index (χ0n) is 22.5. The molecule has 0 saturated heterocycles. The zero-order valence-corrected chi connectivity index (χ0v) is 22.5. The molecule has 0 fully saturated rings. The van der Waals surface area contributed by atoms with E-state index < -0.39 is 5.60 Å². The Hall–Kier alpha value is -4.11. The van der Waals surface area contributed by atoms with E-state index in [-0.39, 0.29) is 57.2 Å². The van der Waals surface area contributed by atoms with Crippen LogP contribution in [-0.4, -0.2) is 53.6 Å². The summed E-state index contributed by atoms with van der Waals surface area (Å²) in [6.07, 6.45) is 4.08. The van der Waals surface area contributed by atoms with E-state index in [2.05, 4.69) is 0 Å². The normalized spacial score (nSPS) is 16.1. The van der Waals surface area contributed by atoms with Crippen molar-refractivity contribution in [1.82, 2.24) is 0 Å². The van der Waals surface area contributed by atoms with Crippen LogP contribution >= 0.6 is 0 Å². The molecule has 1 unspecified atom stereocenters. The third-order valence-corrected chi connectivity index (χ3v) is 5.96. The van der Waals surface area contributed by atoms with Crippen molar-refractivity contribution in [2.75, 3.05) is 0 Å². The number of ketones is 3. The van der Waals surface area contributed by atoms with E-state index in [9.17, 15) is 39.9 Å². The number of aliphatic hydroxyl groups is 2. The van der Waals surface area contributed by atoms with Crippen LogP contribution in [0.5, 0.6) is 23.0 Å². The number of carbonyl (C=O) groups excluding carboxylic acids is 3. The maximum Gasteiger partial charge on any atom is 0.163 e. The quantitative estimate of drug-likeness (QED) is 0.232. The number of phenols is 4. The molecular weight excluding hydrogens is 492 g/mol. The molecule has 1 aliphatic rings. The Morgan fingerprint density at radius 1 is 0.842 bits per heavy atom. The van der Waals surface area contributed by atoms with Crippen molar-refractivity contribution in [3.8, 4) is 23.0 Å². The number of hydrogen-bond acceptors (Lipinski definition) is 9. The molecule has 0 radical (unpaired) electrons. The molecule has 0 spiro atoms. The van der Waals surface area contributed by atoms with Crippen molar-refractivity contribution in [2.45, 2.75) is 66.4 Å². The molecule has 9 nitrogen and oxygen atoms in total. The van der Waals surface area contributed by atoms with E-state index in [0.717, 1.165) is 0 Å². The minimum Gasteiger partial charge on any atom is -0.508 e. The maximum absolute atomic E-state index is 11.0. The van der Waals surface area contributed by atoms with Gasteiger partial charge in [0.25, 0.3) is 0 Å². The first kappa shape index (κ1) is 31.9. The third-order valence-electron chi connectivity index (χ3n) is 5.96. The molecule has 0 amide bonds. The lowest BCUT2D eigenvalue weighted by Gasteiger charge is -2.26. The van der Waals surface area contributed by atoms with Crippen molar-refractivity contribution in [3.63, 3.8) is 0 Å². The minimum atomic E-state index is -1.06. The largest absolute Gasteiger partial charge is 0.508 e. The molecule has 2 aromatic carbocycles. The maximum atomic E-state index is 11.0. The molecule has 1 aliphatic carbocycles. The van der Waals surface area contributed by atoms with Gasteiger partial charge in [-0.15, -0.1) is 0 Å². The van der Waals surface area contributed by atoms with Gasteiger partial charge in [0.15, 0.2) is 17.3 Å². The number of aromatic hydroxyl groups is 4. The van der Waals surface area contributed by atoms with E-state index in [1.807, 2.05) is 6.92 Å². The van der Waals surface area contributed by atoms with Crippen LogP contribution in [0.2, 0.25) is 0 Å². The Labute approximate surface area is 222 Å². The number of aliphatic hydroxyl groups excluding tert-OH is 1. The second-order valence-electron chi connectivity index (χ2n) is 9.01. The lowest BCUT2D eigenvalue weighted by atomic mass is 9.86. The van der Waals surface area contributed by atoms with Crippen LogP contribution in [0, 0.1) is 6.92 Å². The number of carbonyl (C=O) groups is 3. The molecular formula is C29H36O9. The van der Waals surface area contributed by atoms with E-state index in [4.69, 9.17) is 5.11 Å². The Bertz CT molecular complexity index is 1270. The molecule has 1 atom stereocenters. The molecule has 2 aromatic rings. The molecule has 9 heteroatoms. The van der Waals surface area contributed by atoms with Gasteiger partial charge in [-0.05, 0) is 82.5 Å². The predicted octanol–water partition coefficient (Wildman–Crippen LogP) is 4.96. The standard InChI is InChI=1S/C10H14O3.C10H12O3.C9H10O3/c1-3-10(13)5-8(7(2)11)4-9(12)6-10;1-3-7-9(12)5-4-8(6(2)11)10(7)13;1-5-3-7(11)4-8(6(2)10)9(5)12/h4,6,12-13H,3,5H2,1-2H3;4-5,12-13H,3H2,1-2H3;3-4,11-12H,1-2H3. The van der Waals surface area contributed by atoms with E-state index >= 15 is 0 Å². The summed E-state index contributed by atoms with van der Waals surface area (Å²) in [6.45, 7) is 9.40. The SMILES string of the molecule is CC(=O)c1cc(O)cc(C)c1O.CCC1(O)C=C(O)C=C(C(C)=O)C1.CCc1c(O)ccc(C(C)=O)c1O. The first-order valence-electron chi connectivity index (χ1n) is 12.0. The van der Waals surface area contributed by atoms with E-state index in [1.165, 1.54) is 57.2 Å². The number of rotatable bonds is 5. The van der Waals surface area contributed by atoms with Crippen LogP contribution in [0.3, 0.4) is 0 Å². The topological polar surface area (TPSA) is 173 Å². The van der Waals surface area contributed by atoms with Crippen molar-refractivity contribution in [3.05, 3.63) is 70.0 Å². The Kier molecular flexibility index (Phi) is 11.3. The fraction of sp³-hybridized carbons (Fsp3) is 0.345. The van der Waals surface area contributed by atoms with E-state index in [1.54, 1.807) is 13.8 Å². The Balaban J connectivity index is 0.000000285. The van der Waals surface area contributed by atoms with E-state index in [0.29, 0.717) is 36.0 Å². The van der Waals surface area contributed by atoms with Gasteiger partial charge >= 0.3 is 0 Å². The highest BCUT2D eigenvalue weighted by Crippen LogP contribution is 2.31. The highest BCUT2D eigenvalue weighted by Gasteiger charge is 2.29. The van der Waals surface area contributed by atoms with Crippen LogP contribution in [0.25, 0.3) is 0 Å². The summed E-state index contributed by atoms with van der Waals surface area (Å²) in [6, 6.07) is 5.51. The number of aryl methyl sites for hydroxylation is 1. The molecule has 0 aromatic heterocycles. The van der Waals surface area contributed by atoms with Crippen molar-refractivity contribution < 1.29 is 45.0 Å². The summed E-state index contributed by atoms with van der Waals surface area (Å²) < 4.78 is 0. The van der Waals surface area contributed by atoms with Gasteiger partial charge in [-0.3, -0.25) is 14.4 Å². The summed E-state index contributed by atoms with van der Waals surface area (Å²) in [5.74, 6) is -0.721. The first-order chi connectivity index (χ1) is 17.6. The molecule has 0 saturated carbocycles. The fourth-order valence-corrected chi connectivity index (χ4v) is 3.67. The average molecular weight is 529 g/mol. The van der Waals surface area contributed by atoms with Gasteiger partial charge in [-0.2, -0.15) is 0 Å². The number of Topliss-reactive ketones (excluding diaryl/α,β-unsaturated/α-hetero) is 3. The first-order valence-corrected chi connectivity index (χ1v) is 12.0. The summed E-state index contributed by atoms with van der Waals surface area (Å²) >= 11 is 0. The second-order valence-corrected chi connectivity index (χ2v) is 9.01. The lowest BCUT2D eigenvalue weighted by Crippen LogP contribution is -2.29. The molecule has 6 N–H and O–H groups in total. The molecule has 38 heavy (non-hydrogen) atoms. The van der Waals surface area contributed by atoms with Crippen LogP contribution in [-0.2, 0) is 11.2 Å². The summed E-state index contributed by atoms with van der Waals surface area (Å²) in [5, 5.41) is 56.5. The molecule has 3 rings (SSSR count). The van der Waals surface area contributed by atoms with Gasteiger partial charge in [-0.25, -0.2) is 0 Å². The zero-order chi connectivity index (χ0) is 29.4. The Morgan fingerprint density at radius 2 is 1.42 bits per heavy atom. The number of hydrogen-bond donors (Lipinski definition) is 6. The second kappa shape index (κ2) is 13.4. The number of allylic oxidation sites excluding steroid dienone is 1. The fourth-order valence-electron chi connectivity index (χ4n) is 3.67. The summed E-state index contributed by atoms with van der Waals surface area (Å²) in [4.78, 5) is 32.9. The smallest absolute Gasteiger partial charge is 0.163 e.